The third-order valence-electron chi connectivity index (χ3n) is 5.03. The van der Waals surface area contributed by atoms with Gasteiger partial charge >= 0.3 is 0 Å². The molecule has 7 heteroatoms. The molecule has 0 atom stereocenters. The first kappa shape index (κ1) is 17.9. The summed E-state index contributed by atoms with van der Waals surface area (Å²) >= 11 is 0. The second-order valence-electron chi connectivity index (χ2n) is 7.01. The molecule has 1 amide bonds. The Morgan fingerprint density at radius 1 is 1.22 bits per heavy atom. The van der Waals surface area contributed by atoms with Gasteiger partial charge in [0.1, 0.15) is 5.69 Å². The molecule has 2 aromatic rings. The van der Waals surface area contributed by atoms with Crippen LogP contribution in [0.4, 0.5) is 5.95 Å². The van der Waals surface area contributed by atoms with Crippen LogP contribution in [0.3, 0.4) is 0 Å². The number of amides is 1. The van der Waals surface area contributed by atoms with E-state index in [9.17, 15) is 4.79 Å². The Hall–Kier alpha value is -2.51. The lowest BCUT2D eigenvalue weighted by Crippen LogP contribution is -2.47. The van der Waals surface area contributed by atoms with Gasteiger partial charge in [-0.25, -0.2) is 9.97 Å². The molecule has 2 aliphatic heterocycles. The standard InChI is InChI=1S/C20H24N4O3/c1-15-3-2-4-16(13-15)14-22-19-21-8-5-17(23-19)18(25)24-9-6-20(7-10-24)26-11-12-27-20/h2-5,8,13H,6-7,9-12,14H2,1H3,(H,21,22,23). The molecule has 1 spiro atoms. The van der Waals surface area contributed by atoms with E-state index < -0.39 is 5.79 Å². The number of carbonyl (C=O) groups is 1. The van der Waals surface area contributed by atoms with Crippen LogP contribution >= 0.6 is 0 Å². The van der Waals surface area contributed by atoms with Crippen molar-refractivity contribution in [3.63, 3.8) is 0 Å². The van der Waals surface area contributed by atoms with E-state index >= 15 is 0 Å². The van der Waals surface area contributed by atoms with Crippen molar-refractivity contribution in [3.8, 4) is 0 Å². The minimum absolute atomic E-state index is 0.0798. The molecule has 0 aliphatic carbocycles. The molecule has 2 saturated heterocycles. The third-order valence-corrected chi connectivity index (χ3v) is 5.03. The Morgan fingerprint density at radius 2 is 2.00 bits per heavy atom. The molecule has 1 aromatic heterocycles. The molecule has 0 unspecified atom stereocenters. The summed E-state index contributed by atoms with van der Waals surface area (Å²) in [6.07, 6.45) is 3.01. The number of hydrogen-bond donors (Lipinski definition) is 1. The number of anilines is 1. The van der Waals surface area contributed by atoms with Crippen molar-refractivity contribution >= 4 is 11.9 Å². The van der Waals surface area contributed by atoms with Crippen molar-refractivity contribution in [2.45, 2.75) is 32.1 Å². The number of likely N-dealkylation sites (tertiary alicyclic amines) is 1. The van der Waals surface area contributed by atoms with Crippen LogP contribution < -0.4 is 5.32 Å². The molecule has 0 saturated carbocycles. The van der Waals surface area contributed by atoms with E-state index in [0.717, 1.165) is 5.56 Å². The number of carbonyl (C=O) groups excluding carboxylic acids is 1. The van der Waals surface area contributed by atoms with Crippen molar-refractivity contribution in [2.75, 3.05) is 31.6 Å². The van der Waals surface area contributed by atoms with Crippen molar-refractivity contribution in [1.29, 1.82) is 0 Å². The van der Waals surface area contributed by atoms with E-state index in [1.807, 2.05) is 17.0 Å². The SMILES string of the molecule is Cc1cccc(CNc2nccc(C(=O)N3CCC4(CC3)OCCO4)n2)c1. The number of piperidine rings is 1. The highest BCUT2D eigenvalue weighted by molar-refractivity contribution is 5.92. The van der Waals surface area contributed by atoms with E-state index in [2.05, 4.69) is 34.3 Å². The molecule has 3 heterocycles. The largest absolute Gasteiger partial charge is 0.350 e. The van der Waals surface area contributed by atoms with Crippen molar-refractivity contribution in [2.24, 2.45) is 0 Å². The first-order valence-corrected chi connectivity index (χ1v) is 9.33. The Labute approximate surface area is 158 Å². The topological polar surface area (TPSA) is 76.6 Å². The lowest BCUT2D eigenvalue weighted by molar-refractivity contribution is -0.181. The van der Waals surface area contributed by atoms with Crippen molar-refractivity contribution in [1.82, 2.24) is 14.9 Å². The zero-order valence-corrected chi connectivity index (χ0v) is 15.5. The fraction of sp³-hybridized carbons (Fsp3) is 0.450. The van der Waals surface area contributed by atoms with Crippen LogP contribution in [-0.4, -0.2) is 52.9 Å². The molecule has 0 bridgehead atoms. The van der Waals surface area contributed by atoms with E-state index in [0.29, 0.717) is 57.3 Å². The van der Waals surface area contributed by atoms with Crippen molar-refractivity contribution < 1.29 is 14.3 Å². The number of nitrogens with one attached hydrogen (secondary N) is 1. The predicted octanol–water partition coefficient (Wildman–Crippen LogP) is 2.38. The second-order valence-corrected chi connectivity index (χ2v) is 7.01. The zero-order chi connectivity index (χ0) is 18.7. The van der Waals surface area contributed by atoms with Crippen LogP contribution in [0.1, 0.15) is 34.5 Å². The molecule has 142 valence electrons. The Balaban J connectivity index is 1.37. The van der Waals surface area contributed by atoms with E-state index in [-0.39, 0.29) is 5.91 Å². The summed E-state index contributed by atoms with van der Waals surface area (Å²) in [5, 5.41) is 3.19. The van der Waals surface area contributed by atoms with Gasteiger partial charge in [0.15, 0.2) is 5.79 Å². The summed E-state index contributed by atoms with van der Waals surface area (Å²) in [6, 6.07) is 9.90. The number of aromatic nitrogens is 2. The van der Waals surface area contributed by atoms with Gasteiger partial charge in [-0.15, -0.1) is 0 Å². The highest BCUT2D eigenvalue weighted by Crippen LogP contribution is 2.31. The quantitative estimate of drug-likeness (QED) is 0.893. The van der Waals surface area contributed by atoms with Crippen LogP contribution in [-0.2, 0) is 16.0 Å². The van der Waals surface area contributed by atoms with Gasteiger partial charge in [0, 0.05) is 38.7 Å². The molecule has 27 heavy (non-hydrogen) atoms. The first-order chi connectivity index (χ1) is 13.1. The predicted molar refractivity (Wildman–Crippen MR) is 100 cm³/mol. The van der Waals surface area contributed by atoms with Gasteiger partial charge in [-0.2, -0.15) is 0 Å². The maximum atomic E-state index is 12.8. The fourth-order valence-electron chi connectivity index (χ4n) is 3.56. The minimum Gasteiger partial charge on any atom is -0.350 e. The Morgan fingerprint density at radius 3 is 2.74 bits per heavy atom. The summed E-state index contributed by atoms with van der Waals surface area (Å²) in [7, 11) is 0. The van der Waals surface area contributed by atoms with Crippen LogP contribution in [0.25, 0.3) is 0 Å². The van der Waals surface area contributed by atoms with Gasteiger partial charge < -0.3 is 19.7 Å². The van der Waals surface area contributed by atoms with Gasteiger partial charge in [0.05, 0.1) is 13.2 Å². The molecular weight excluding hydrogens is 344 g/mol. The van der Waals surface area contributed by atoms with Crippen molar-refractivity contribution in [3.05, 3.63) is 53.3 Å². The van der Waals surface area contributed by atoms with Crippen LogP contribution in [0.2, 0.25) is 0 Å². The van der Waals surface area contributed by atoms with E-state index in [1.54, 1.807) is 12.3 Å². The number of nitrogens with zero attached hydrogens (tertiary/aromatic N) is 3. The third kappa shape index (κ3) is 4.09. The summed E-state index contributed by atoms with van der Waals surface area (Å²) in [4.78, 5) is 23.2. The molecule has 2 fully saturated rings. The molecular formula is C20H24N4O3. The lowest BCUT2D eigenvalue weighted by Gasteiger charge is -2.37. The second kappa shape index (κ2) is 7.62. The Kier molecular flexibility index (Phi) is 5.05. The van der Waals surface area contributed by atoms with E-state index in [4.69, 9.17) is 9.47 Å². The smallest absolute Gasteiger partial charge is 0.272 e. The maximum Gasteiger partial charge on any atom is 0.272 e. The Bertz CT molecular complexity index is 810. The summed E-state index contributed by atoms with van der Waals surface area (Å²) in [6.45, 7) is 5.15. The van der Waals surface area contributed by atoms with Gasteiger partial charge in [0.25, 0.3) is 5.91 Å². The molecule has 4 rings (SSSR count). The zero-order valence-electron chi connectivity index (χ0n) is 15.5. The minimum atomic E-state index is -0.483. The fourth-order valence-corrected chi connectivity index (χ4v) is 3.56. The number of benzene rings is 1. The summed E-state index contributed by atoms with van der Waals surface area (Å²) < 4.78 is 11.4. The number of ether oxygens (including phenoxy) is 2. The molecule has 7 nitrogen and oxygen atoms in total. The van der Waals surface area contributed by atoms with Gasteiger partial charge in [-0.3, -0.25) is 4.79 Å². The highest BCUT2D eigenvalue weighted by atomic mass is 16.7. The average Bonchev–Trinajstić information content (AvgIpc) is 3.15. The summed E-state index contributed by atoms with van der Waals surface area (Å²) in [5.74, 6) is -0.106. The number of aryl methyl sites for hydroxylation is 1. The normalized spacial score (nSPS) is 18.6. The van der Waals surface area contributed by atoms with Crippen LogP contribution in [0, 0.1) is 6.92 Å². The molecule has 1 aromatic carbocycles. The van der Waals surface area contributed by atoms with Crippen LogP contribution in [0.5, 0.6) is 0 Å². The maximum absolute atomic E-state index is 12.8. The molecule has 0 radical (unpaired) electrons. The average molecular weight is 368 g/mol. The molecule has 1 N–H and O–H groups in total. The highest BCUT2D eigenvalue weighted by Gasteiger charge is 2.41. The summed E-state index contributed by atoms with van der Waals surface area (Å²) in [5.41, 5.74) is 2.76. The van der Waals surface area contributed by atoms with Gasteiger partial charge in [-0.05, 0) is 18.6 Å². The monoisotopic (exact) mass is 368 g/mol. The molecule has 2 aliphatic rings. The first-order valence-electron chi connectivity index (χ1n) is 9.33. The number of hydrogen-bond acceptors (Lipinski definition) is 6. The van der Waals surface area contributed by atoms with E-state index in [1.165, 1.54) is 5.56 Å². The van der Waals surface area contributed by atoms with Gasteiger partial charge in [-0.1, -0.05) is 29.8 Å². The van der Waals surface area contributed by atoms with Gasteiger partial charge in [0.2, 0.25) is 5.95 Å². The lowest BCUT2D eigenvalue weighted by atomic mass is 10.0. The van der Waals surface area contributed by atoms with Crippen LogP contribution in [0.15, 0.2) is 36.5 Å². The number of rotatable bonds is 4.